The second-order valence-corrected chi connectivity index (χ2v) is 8.82. The van der Waals surface area contributed by atoms with Crippen LogP contribution >= 0.6 is 0 Å². The molecule has 2 heterocycles. The first kappa shape index (κ1) is 26.2. The lowest BCUT2D eigenvalue weighted by atomic mass is 9.97. The molecule has 2 aromatic heterocycles. The molecule has 0 fully saturated rings. The first-order chi connectivity index (χ1) is 18.2. The molecule has 0 aliphatic carbocycles. The molecule has 4 aromatic rings. The average Bonchev–Trinajstić information content (AvgIpc) is 3.41. The number of aromatic nitrogens is 6. The highest BCUT2D eigenvalue weighted by Crippen LogP contribution is 2.26. The Morgan fingerprint density at radius 2 is 1.97 bits per heavy atom. The van der Waals surface area contributed by atoms with Gasteiger partial charge in [-0.05, 0) is 49.2 Å². The quantitative estimate of drug-likeness (QED) is 0.180. The van der Waals surface area contributed by atoms with Crippen molar-refractivity contribution < 1.29 is 14.7 Å². The molecule has 0 spiro atoms. The van der Waals surface area contributed by atoms with Gasteiger partial charge in [0, 0.05) is 24.9 Å². The van der Waals surface area contributed by atoms with Gasteiger partial charge in [0.05, 0.1) is 17.4 Å². The maximum Gasteiger partial charge on any atom is 0.345 e. The van der Waals surface area contributed by atoms with Crippen LogP contribution in [-0.2, 0) is 17.8 Å². The van der Waals surface area contributed by atoms with E-state index in [1.807, 2.05) is 6.92 Å². The van der Waals surface area contributed by atoms with E-state index < -0.39 is 17.5 Å². The highest BCUT2D eigenvalue weighted by Gasteiger charge is 2.46. The van der Waals surface area contributed by atoms with Crippen LogP contribution in [0.5, 0.6) is 0 Å². The number of aliphatic carboxylic acids is 1. The monoisotopic (exact) mass is 514 g/mol. The third-order valence-corrected chi connectivity index (χ3v) is 6.27. The van der Waals surface area contributed by atoms with Crippen molar-refractivity contribution in [2.24, 2.45) is 0 Å². The van der Waals surface area contributed by atoms with Crippen molar-refractivity contribution in [2.75, 3.05) is 6.54 Å². The summed E-state index contributed by atoms with van der Waals surface area (Å²) in [5.41, 5.74) is -0.00875. The van der Waals surface area contributed by atoms with Gasteiger partial charge in [-0.25, -0.2) is 9.78 Å². The third-order valence-electron chi connectivity index (χ3n) is 6.27. The van der Waals surface area contributed by atoms with Crippen molar-refractivity contribution in [2.45, 2.75) is 38.9 Å². The van der Waals surface area contributed by atoms with Gasteiger partial charge in [-0.2, -0.15) is 5.21 Å². The van der Waals surface area contributed by atoms with Crippen LogP contribution in [0, 0.1) is 26.2 Å². The maximum absolute atomic E-state index is 13.2. The normalized spacial score (nSPS) is 12.7. The molecule has 0 radical (unpaired) electrons. The van der Waals surface area contributed by atoms with Crippen LogP contribution in [-0.4, -0.2) is 64.7 Å². The average molecular weight is 515 g/mol. The topological polar surface area (TPSA) is 170 Å². The number of H-pyrrole nitrogens is 2. The fourth-order valence-corrected chi connectivity index (χ4v) is 4.29. The number of terminal acetylenes is 1. The number of aryl methyl sites for hydroxylation is 3. The van der Waals surface area contributed by atoms with E-state index in [0.29, 0.717) is 22.3 Å². The summed E-state index contributed by atoms with van der Waals surface area (Å²) in [6.07, 6.45) is 5.65. The second kappa shape index (κ2) is 11.0. The van der Waals surface area contributed by atoms with E-state index in [1.165, 1.54) is 4.90 Å². The largest absolute Gasteiger partial charge is 0.478 e. The fourth-order valence-electron chi connectivity index (χ4n) is 4.29. The minimum atomic E-state index is -1.95. The Labute approximate surface area is 217 Å². The lowest BCUT2D eigenvalue weighted by Crippen LogP contribution is -2.65. The molecule has 1 amide bonds. The molecule has 1 unspecified atom stereocenters. The number of tetrazole rings is 1. The number of carbonyl (C=O) groups is 2. The summed E-state index contributed by atoms with van der Waals surface area (Å²) in [6, 6.07) is 11.7. The molecule has 0 aliphatic rings. The molecule has 1 atom stereocenters. The Balaban J connectivity index is 1.79. The summed E-state index contributed by atoms with van der Waals surface area (Å²) in [7, 11) is 0. The molecular formula is C26H26N8O4. The molecule has 12 nitrogen and oxygen atoms in total. The van der Waals surface area contributed by atoms with Crippen LogP contribution in [0.2, 0.25) is 0 Å². The van der Waals surface area contributed by atoms with Crippen molar-refractivity contribution in [1.82, 2.24) is 40.8 Å². The molecular weight excluding hydrogens is 488 g/mol. The minimum absolute atomic E-state index is 0.0207. The molecule has 194 valence electrons. The van der Waals surface area contributed by atoms with E-state index in [0.717, 1.165) is 5.56 Å². The molecule has 12 heteroatoms. The number of rotatable bonds is 10. The highest BCUT2D eigenvalue weighted by atomic mass is 16.4. The first-order valence-corrected chi connectivity index (χ1v) is 11.8. The number of carbonyl (C=O) groups excluding carboxylic acids is 1. The molecule has 4 rings (SSSR count). The van der Waals surface area contributed by atoms with Gasteiger partial charge in [0.15, 0.2) is 11.5 Å². The first-order valence-electron chi connectivity index (χ1n) is 11.8. The summed E-state index contributed by atoms with van der Waals surface area (Å²) in [4.78, 5) is 47.4. The Kier molecular flexibility index (Phi) is 7.59. The lowest BCUT2D eigenvalue weighted by Gasteiger charge is -2.40. The van der Waals surface area contributed by atoms with Crippen LogP contribution in [0.25, 0.3) is 10.9 Å². The van der Waals surface area contributed by atoms with Crippen molar-refractivity contribution in [1.29, 1.82) is 0 Å². The summed E-state index contributed by atoms with van der Waals surface area (Å²) in [5.74, 6) is 1.37. The number of nitrogens with zero attached hydrogens (tertiary/aromatic N) is 5. The van der Waals surface area contributed by atoms with Crippen molar-refractivity contribution >= 4 is 22.8 Å². The van der Waals surface area contributed by atoms with Gasteiger partial charge in [0.25, 0.3) is 11.5 Å². The molecule has 4 N–H and O–H groups in total. The van der Waals surface area contributed by atoms with Crippen LogP contribution in [0.1, 0.15) is 39.6 Å². The van der Waals surface area contributed by atoms with Gasteiger partial charge in [0.1, 0.15) is 5.82 Å². The van der Waals surface area contributed by atoms with Crippen LogP contribution in [0.4, 0.5) is 0 Å². The van der Waals surface area contributed by atoms with E-state index in [9.17, 15) is 19.5 Å². The Morgan fingerprint density at radius 3 is 2.63 bits per heavy atom. The van der Waals surface area contributed by atoms with Crippen LogP contribution < -0.4 is 10.9 Å². The maximum atomic E-state index is 13.2. The molecule has 2 aromatic carbocycles. The Hall–Kier alpha value is -4.89. The molecule has 0 saturated heterocycles. The van der Waals surface area contributed by atoms with Crippen molar-refractivity contribution in [3.8, 4) is 12.3 Å². The van der Waals surface area contributed by atoms with E-state index >= 15 is 0 Å². The van der Waals surface area contributed by atoms with Gasteiger partial charge >= 0.3 is 5.97 Å². The van der Waals surface area contributed by atoms with Crippen LogP contribution in [0.3, 0.4) is 0 Å². The summed E-state index contributed by atoms with van der Waals surface area (Å²) >= 11 is 0. The molecule has 38 heavy (non-hydrogen) atoms. The highest BCUT2D eigenvalue weighted by molar-refractivity contribution is 5.97. The lowest BCUT2D eigenvalue weighted by molar-refractivity contribution is -0.154. The predicted molar refractivity (Wildman–Crippen MR) is 138 cm³/mol. The summed E-state index contributed by atoms with van der Waals surface area (Å²) in [6.45, 7) is 3.44. The number of carboxylic acids is 1. The number of hydrogen-bond donors (Lipinski definition) is 4. The summed E-state index contributed by atoms with van der Waals surface area (Å²) in [5, 5.41) is 27.4. The standard InChI is InChI=1S/C26H26N8O4/c1-4-12-34(15-19-14-20-21(13-16(19)2)27-17(3)28-24(20)36)26(25(37)38,11-10-22-30-32-33-31-22)29-23(35)18-8-6-5-7-9-18/h1,5-9,13-14H,10-12,15H2,2-3H3,(H,29,35)(H,37,38)(H,27,28,36)(H,30,31,32,33). The number of fused-ring (bicyclic) bond motifs is 1. The number of amides is 1. The fraction of sp³-hybridized carbons (Fsp3) is 0.269. The number of hydrogen-bond acceptors (Lipinski definition) is 8. The van der Waals surface area contributed by atoms with Gasteiger partial charge in [-0.1, -0.05) is 29.3 Å². The zero-order chi connectivity index (χ0) is 27.3. The van der Waals surface area contributed by atoms with Gasteiger partial charge in [0.2, 0.25) is 0 Å². The second-order valence-electron chi connectivity index (χ2n) is 8.82. The van der Waals surface area contributed by atoms with Crippen molar-refractivity contribution in [3.05, 3.63) is 81.2 Å². The van der Waals surface area contributed by atoms with E-state index in [1.54, 1.807) is 49.4 Å². The van der Waals surface area contributed by atoms with Crippen LogP contribution in [0.15, 0.2) is 47.3 Å². The zero-order valence-electron chi connectivity index (χ0n) is 20.9. The van der Waals surface area contributed by atoms with Gasteiger partial charge in [-0.15, -0.1) is 16.6 Å². The number of benzene rings is 2. The van der Waals surface area contributed by atoms with E-state index in [4.69, 9.17) is 6.42 Å². The molecule has 0 aliphatic heterocycles. The van der Waals surface area contributed by atoms with Gasteiger partial charge in [-0.3, -0.25) is 14.5 Å². The Bertz CT molecular complexity index is 1560. The number of carboxylic acid groups (broad SMARTS) is 1. The third kappa shape index (κ3) is 5.42. The molecule has 0 bridgehead atoms. The number of aromatic amines is 2. The minimum Gasteiger partial charge on any atom is -0.478 e. The van der Waals surface area contributed by atoms with Crippen molar-refractivity contribution in [3.63, 3.8) is 0 Å². The van der Waals surface area contributed by atoms with E-state index in [-0.39, 0.29) is 42.9 Å². The SMILES string of the molecule is C#CCN(Cc1cc2c(=O)[nH]c(C)nc2cc1C)C(CCc1nn[nH]n1)(NC(=O)c1ccccc1)C(=O)O. The summed E-state index contributed by atoms with van der Waals surface area (Å²) < 4.78 is 0. The van der Waals surface area contributed by atoms with Gasteiger partial charge < -0.3 is 15.4 Å². The van der Waals surface area contributed by atoms with E-state index in [2.05, 4.69) is 41.8 Å². The molecule has 0 saturated carbocycles. The predicted octanol–water partition coefficient (Wildman–Crippen LogP) is 1.33. The smallest absolute Gasteiger partial charge is 0.345 e. The zero-order valence-corrected chi connectivity index (χ0v) is 20.9. The number of nitrogens with one attached hydrogen (secondary N) is 3. The Morgan fingerprint density at radius 1 is 1.21 bits per heavy atom.